The Morgan fingerprint density at radius 1 is 1.55 bits per heavy atom. The van der Waals surface area contributed by atoms with E-state index in [0.29, 0.717) is 17.5 Å². The maximum atomic E-state index is 11.9. The zero-order valence-corrected chi connectivity index (χ0v) is 12.6. The van der Waals surface area contributed by atoms with E-state index in [4.69, 9.17) is 11.6 Å². The van der Waals surface area contributed by atoms with E-state index < -0.39 is 0 Å². The van der Waals surface area contributed by atoms with Crippen molar-refractivity contribution in [1.82, 2.24) is 10.2 Å². The van der Waals surface area contributed by atoms with E-state index in [1.165, 1.54) is 12.8 Å². The Labute approximate surface area is 125 Å². The highest BCUT2D eigenvalue weighted by molar-refractivity contribution is 6.30. The van der Waals surface area contributed by atoms with Crippen LogP contribution in [0.3, 0.4) is 0 Å². The topological polar surface area (TPSA) is 44.4 Å². The molecule has 1 aromatic rings. The summed E-state index contributed by atoms with van der Waals surface area (Å²) in [6.45, 7) is 2.89. The van der Waals surface area contributed by atoms with E-state index in [-0.39, 0.29) is 5.91 Å². The molecule has 4 nitrogen and oxygen atoms in total. The lowest BCUT2D eigenvalue weighted by Gasteiger charge is -2.20. The zero-order valence-electron chi connectivity index (χ0n) is 11.9. The summed E-state index contributed by atoms with van der Waals surface area (Å²) >= 11 is 5.88. The van der Waals surface area contributed by atoms with Crippen molar-refractivity contribution in [3.63, 3.8) is 0 Å². The molecule has 2 rings (SSSR count). The number of halogens is 1. The fourth-order valence-corrected chi connectivity index (χ4v) is 2.65. The largest absolute Gasteiger partial charge is 0.326 e. The average Bonchev–Trinajstić information content (AvgIpc) is 2.89. The predicted octanol–water partition coefficient (Wildman–Crippen LogP) is 2.35. The first-order chi connectivity index (χ1) is 9.63. The van der Waals surface area contributed by atoms with Crippen LogP contribution in [0.5, 0.6) is 0 Å². The van der Waals surface area contributed by atoms with Gasteiger partial charge in [-0.3, -0.25) is 4.79 Å². The Morgan fingerprint density at radius 2 is 2.40 bits per heavy atom. The Morgan fingerprint density at radius 3 is 3.10 bits per heavy atom. The van der Waals surface area contributed by atoms with Crippen LogP contribution in [0.25, 0.3) is 0 Å². The SMILES string of the molecule is CN(CCC(=O)Nc1cccc(Cl)c1)CC1CCCN1. The van der Waals surface area contributed by atoms with Gasteiger partial charge in [0.15, 0.2) is 0 Å². The van der Waals surface area contributed by atoms with Gasteiger partial charge in [0.1, 0.15) is 0 Å². The summed E-state index contributed by atoms with van der Waals surface area (Å²) in [5.41, 5.74) is 0.752. The molecule has 5 heteroatoms. The first-order valence-corrected chi connectivity index (χ1v) is 7.48. The molecule has 1 aromatic carbocycles. The van der Waals surface area contributed by atoms with Crippen LogP contribution < -0.4 is 10.6 Å². The maximum Gasteiger partial charge on any atom is 0.225 e. The number of hydrogen-bond donors (Lipinski definition) is 2. The molecule has 1 atom stereocenters. The lowest BCUT2D eigenvalue weighted by molar-refractivity contribution is -0.116. The van der Waals surface area contributed by atoms with Crippen molar-refractivity contribution >= 4 is 23.2 Å². The van der Waals surface area contributed by atoms with Crippen molar-refractivity contribution in [2.45, 2.75) is 25.3 Å². The number of nitrogens with one attached hydrogen (secondary N) is 2. The molecule has 1 amide bonds. The third-order valence-electron chi connectivity index (χ3n) is 3.52. The summed E-state index contributed by atoms with van der Waals surface area (Å²) in [6.07, 6.45) is 2.99. The summed E-state index contributed by atoms with van der Waals surface area (Å²) in [5.74, 6) is 0.0264. The van der Waals surface area contributed by atoms with Gasteiger partial charge in [0.05, 0.1) is 0 Å². The molecule has 0 bridgehead atoms. The highest BCUT2D eigenvalue weighted by atomic mass is 35.5. The first kappa shape index (κ1) is 15.3. The lowest BCUT2D eigenvalue weighted by atomic mass is 10.2. The van der Waals surface area contributed by atoms with Gasteiger partial charge in [-0.1, -0.05) is 17.7 Å². The molecule has 20 heavy (non-hydrogen) atoms. The van der Waals surface area contributed by atoms with Crippen molar-refractivity contribution < 1.29 is 4.79 Å². The summed E-state index contributed by atoms with van der Waals surface area (Å²) in [6, 6.07) is 7.80. The normalized spacial score (nSPS) is 18.4. The number of benzene rings is 1. The minimum absolute atomic E-state index is 0.0264. The van der Waals surface area contributed by atoms with Crippen LogP contribution in [0.15, 0.2) is 24.3 Å². The molecular formula is C15H22ClN3O. The maximum absolute atomic E-state index is 11.9. The number of nitrogens with zero attached hydrogens (tertiary/aromatic N) is 1. The monoisotopic (exact) mass is 295 g/mol. The Balaban J connectivity index is 1.69. The highest BCUT2D eigenvalue weighted by Crippen LogP contribution is 2.15. The number of carbonyl (C=O) groups excluding carboxylic acids is 1. The van der Waals surface area contributed by atoms with Gasteiger partial charge < -0.3 is 15.5 Å². The molecular weight excluding hydrogens is 274 g/mol. The molecule has 0 aromatic heterocycles. The van der Waals surface area contributed by atoms with Gasteiger partial charge in [-0.15, -0.1) is 0 Å². The summed E-state index contributed by atoms with van der Waals surface area (Å²) in [5, 5.41) is 6.96. The van der Waals surface area contributed by atoms with Crippen LogP contribution in [0.4, 0.5) is 5.69 Å². The fourth-order valence-electron chi connectivity index (χ4n) is 2.46. The molecule has 0 spiro atoms. The Bertz CT molecular complexity index is 446. The van der Waals surface area contributed by atoms with Crippen LogP contribution in [-0.2, 0) is 4.79 Å². The van der Waals surface area contributed by atoms with E-state index in [2.05, 4.69) is 22.6 Å². The van der Waals surface area contributed by atoms with E-state index in [1.807, 2.05) is 12.1 Å². The smallest absolute Gasteiger partial charge is 0.225 e. The second kappa shape index (κ2) is 7.62. The molecule has 0 radical (unpaired) electrons. The number of amides is 1. The molecule has 0 aliphatic carbocycles. The zero-order chi connectivity index (χ0) is 14.4. The number of likely N-dealkylation sites (N-methyl/N-ethyl adjacent to an activating group) is 1. The van der Waals surface area contributed by atoms with Crippen molar-refractivity contribution in [1.29, 1.82) is 0 Å². The third-order valence-corrected chi connectivity index (χ3v) is 3.76. The van der Waals surface area contributed by atoms with Crippen molar-refractivity contribution in [3.8, 4) is 0 Å². The van der Waals surface area contributed by atoms with Crippen molar-refractivity contribution in [2.75, 3.05) is 32.0 Å². The van der Waals surface area contributed by atoms with Gasteiger partial charge in [-0.25, -0.2) is 0 Å². The Kier molecular flexibility index (Phi) is 5.83. The molecule has 0 saturated carbocycles. The van der Waals surface area contributed by atoms with Crippen LogP contribution in [0.1, 0.15) is 19.3 Å². The minimum atomic E-state index is 0.0264. The summed E-state index contributed by atoms with van der Waals surface area (Å²) in [7, 11) is 2.06. The lowest BCUT2D eigenvalue weighted by Crippen LogP contribution is -2.36. The van der Waals surface area contributed by atoms with Crippen molar-refractivity contribution in [3.05, 3.63) is 29.3 Å². The standard InChI is InChI=1S/C15H22ClN3O/c1-19(11-14-6-3-8-17-14)9-7-15(20)18-13-5-2-4-12(16)10-13/h2,4-5,10,14,17H,3,6-9,11H2,1H3,(H,18,20). The molecule has 1 saturated heterocycles. The molecule has 1 fully saturated rings. The van der Waals surface area contributed by atoms with Crippen LogP contribution in [0.2, 0.25) is 5.02 Å². The third kappa shape index (κ3) is 5.12. The predicted molar refractivity (Wildman–Crippen MR) is 83.2 cm³/mol. The number of hydrogen-bond acceptors (Lipinski definition) is 3. The number of anilines is 1. The second-order valence-corrected chi connectivity index (χ2v) is 5.80. The van der Waals surface area contributed by atoms with E-state index in [0.717, 1.165) is 25.3 Å². The van der Waals surface area contributed by atoms with Gasteiger partial charge in [-0.05, 0) is 44.6 Å². The van der Waals surface area contributed by atoms with Gasteiger partial charge in [0, 0.05) is 36.3 Å². The number of carbonyl (C=O) groups is 1. The Hall–Kier alpha value is -1.10. The molecule has 1 aliphatic rings. The first-order valence-electron chi connectivity index (χ1n) is 7.11. The van der Waals surface area contributed by atoms with Gasteiger partial charge in [0.2, 0.25) is 5.91 Å². The molecule has 1 unspecified atom stereocenters. The van der Waals surface area contributed by atoms with Crippen LogP contribution in [0, 0.1) is 0 Å². The molecule has 1 aliphatic heterocycles. The van der Waals surface area contributed by atoms with E-state index >= 15 is 0 Å². The molecule has 2 N–H and O–H groups in total. The second-order valence-electron chi connectivity index (χ2n) is 5.36. The average molecular weight is 296 g/mol. The van der Waals surface area contributed by atoms with Gasteiger partial charge in [0.25, 0.3) is 0 Å². The quantitative estimate of drug-likeness (QED) is 0.847. The summed E-state index contributed by atoms with van der Waals surface area (Å²) < 4.78 is 0. The highest BCUT2D eigenvalue weighted by Gasteiger charge is 2.16. The van der Waals surface area contributed by atoms with E-state index in [1.54, 1.807) is 12.1 Å². The number of rotatable bonds is 6. The fraction of sp³-hybridized carbons (Fsp3) is 0.533. The summed E-state index contributed by atoms with van der Waals surface area (Å²) in [4.78, 5) is 14.1. The van der Waals surface area contributed by atoms with Crippen LogP contribution >= 0.6 is 11.6 Å². The van der Waals surface area contributed by atoms with Gasteiger partial charge >= 0.3 is 0 Å². The van der Waals surface area contributed by atoms with Crippen LogP contribution in [-0.4, -0.2) is 43.5 Å². The van der Waals surface area contributed by atoms with Gasteiger partial charge in [-0.2, -0.15) is 0 Å². The van der Waals surface area contributed by atoms with Crippen molar-refractivity contribution in [2.24, 2.45) is 0 Å². The van der Waals surface area contributed by atoms with E-state index in [9.17, 15) is 4.79 Å². The minimum Gasteiger partial charge on any atom is -0.326 e. The molecule has 1 heterocycles. The molecule has 110 valence electrons.